The third kappa shape index (κ3) is 4.83. The number of carbonyl (C=O) groups excluding carboxylic acids is 3. The molecule has 4 saturated heterocycles. The smallest absolute Gasteiger partial charge is 0.333 e. The van der Waals surface area contributed by atoms with Gasteiger partial charge in [-0.1, -0.05) is 44.2 Å². The van der Waals surface area contributed by atoms with E-state index in [4.69, 9.17) is 28.7 Å². The molecule has 5 fully saturated rings. The van der Waals surface area contributed by atoms with E-state index in [-0.39, 0.29) is 30.6 Å². The van der Waals surface area contributed by atoms with Gasteiger partial charge in [-0.2, -0.15) is 0 Å². The Morgan fingerprint density at radius 1 is 1.05 bits per heavy atom. The molecule has 0 aromatic heterocycles. The van der Waals surface area contributed by atoms with Crippen molar-refractivity contribution in [3.8, 4) is 0 Å². The van der Waals surface area contributed by atoms with Crippen LogP contribution in [0.4, 0.5) is 0 Å². The Kier molecular flexibility index (Phi) is 7.52. The van der Waals surface area contributed by atoms with Crippen LogP contribution >= 0.6 is 0 Å². The van der Waals surface area contributed by atoms with Crippen molar-refractivity contribution in [2.24, 2.45) is 23.7 Å². The monoisotopic (exact) mass is 531 g/mol. The highest BCUT2D eigenvalue weighted by molar-refractivity contribution is 5.87. The molecule has 0 unspecified atom stereocenters. The Labute approximate surface area is 222 Å². The largest absolute Gasteiger partial charge is 0.467 e. The summed E-state index contributed by atoms with van der Waals surface area (Å²) in [6.07, 6.45) is 1.66. The van der Waals surface area contributed by atoms with Gasteiger partial charge in [-0.05, 0) is 43.6 Å². The third-order valence-electron chi connectivity index (χ3n) is 8.78. The van der Waals surface area contributed by atoms with Crippen LogP contribution in [0.1, 0.15) is 70.9 Å². The van der Waals surface area contributed by atoms with Gasteiger partial charge in [0.1, 0.15) is 0 Å². The third-order valence-corrected chi connectivity index (χ3v) is 8.78. The fourth-order valence-corrected chi connectivity index (χ4v) is 6.69. The van der Waals surface area contributed by atoms with Crippen molar-refractivity contribution in [1.82, 2.24) is 5.32 Å². The number of hydrogen-bond donors (Lipinski definition) is 1. The van der Waals surface area contributed by atoms with Gasteiger partial charge in [0.2, 0.25) is 18.0 Å². The fourth-order valence-electron chi connectivity index (χ4n) is 6.69. The molecule has 1 saturated carbocycles. The predicted octanol–water partition coefficient (Wildman–Crippen LogP) is 3.55. The number of nitrogens with one attached hydrogen (secondary N) is 1. The van der Waals surface area contributed by atoms with E-state index >= 15 is 0 Å². The van der Waals surface area contributed by atoms with Crippen LogP contribution < -0.4 is 5.32 Å². The quantitative estimate of drug-likeness (QED) is 0.416. The number of amides is 1. The summed E-state index contributed by atoms with van der Waals surface area (Å²) in [7, 11) is 1.26. The van der Waals surface area contributed by atoms with Crippen molar-refractivity contribution < 1.29 is 43.1 Å². The Bertz CT molecular complexity index is 1050. The van der Waals surface area contributed by atoms with E-state index < -0.39 is 47.9 Å². The average Bonchev–Trinajstić information content (AvgIpc) is 3.14. The second kappa shape index (κ2) is 10.6. The van der Waals surface area contributed by atoms with E-state index in [0.29, 0.717) is 17.9 Å². The van der Waals surface area contributed by atoms with E-state index in [9.17, 15) is 14.4 Å². The van der Waals surface area contributed by atoms with Crippen LogP contribution in [-0.2, 0) is 43.1 Å². The van der Waals surface area contributed by atoms with Crippen molar-refractivity contribution in [2.75, 3.05) is 7.11 Å². The summed E-state index contributed by atoms with van der Waals surface area (Å²) in [5, 5.41) is 2.65. The molecule has 1 aromatic rings. The lowest BCUT2D eigenvalue weighted by Gasteiger charge is -2.59. The van der Waals surface area contributed by atoms with E-state index in [1.165, 1.54) is 7.11 Å². The highest BCUT2D eigenvalue weighted by Crippen LogP contribution is 2.60. The second-order valence-electron chi connectivity index (χ2n) is 11.2. The minimum atomic E-state index is -0.962. The summed E-state index contributed by atoms with van der Waals surface area (Å²) in [6.45, 7) is 6.08. The first kappa shape index (κ1) is 27.1. The lowest BCUT2D eigenvalue weighted by atomic mass is 9.58. The lowest BCUT2D eigenvalue weighted by molar-refractivity contribution is -0.576. The van der Waals surface area contributed by atoms with Gasteiger partial charge in [-0.3, -0.25) is 9.59 Å². The zero-order valence-corrected chi connectivity index (χ0v) is 22.3. The van der Waals surface area contributed by atoms with Gasteiger partial charge in [0.05, 0.1) is 13.5 Å². The van der Waals surface area contributed by atoms with Crippen LogP contribution in [0.15, 0.2) is 30.3 Å². The van der Waals surface area contributed by atoms with Gasteiger partial charge in [-0.25, -0.2) is 14.6 Å². The van der Waals surface area contributed by atoms with Gasteiger partial charge in [0.15, 0.2) is 17.9 Å². The molecule has 0 radical (unpaired) electrons. The Balaban J connectivity index is 1.21. The number of rotatable bonds is 7. The zero-order valence-electron chi connectivity index (χ0n) is 22.3. The van der Waals surface area contributed by atoms with Crippen molar-refractivity contribution >= 4 is 17.8 Å². The van der Waals surface area contributed by atoms with Crippen LogP contribution in [0.2, 0.25) is 0 Å². The normalized spacial score (nSPS) is 38.3. The maximum absolute atomic E-state index is 12.8. The number of carbonyl (C=O) groups is 3. The molecule has 1 aliphatic carbocycles. The van der Waals surface area contributed by atoms with Crippen LogP contribution in [-0.4, -0.2) is 48.9 Å². The maximum Gasteiger partial charge on any atom is 0.333 e. The van der Waals surface area contributed by atoms with Gasteiger partial charge in [-0.15, -0.1) is 0 Å². The summed E-state index contributed by atoms with van der Waals surface area (Å²) in [4.78, 5) is 49.6. The Morgan fingerprint density at radius 3 is 2.55 bits per heavy atom. The first-order chi connectivity index (χ1) is 18.2. The summed E-state index contributed by atoms with van der Waals surface area (Å²) in [6, 6.07) is 7.82. The molecule has 1 spiro atoms. The first-order valence-corrected chi connectivity index (χ1v) is 13.5. The molecule has 10 nitrogen and oxygen atoms in total. The van der Waals surface area contributed by atoms with Crippen LogP contribution in [0.25, 0.3) is 0 Å². The fraction of sp³-hybridized carbons (Fsp3) is 0.679. The molecule has 1 amide bonds. The molecule has 1 N–H and O–H groups in total. The van der Waals surface area contributed by atoms with Crippen molar-refractivity contribution in [2.45, 2.75) is 89.3 Å². The van der Waals surface area contributed by atoms with Gasteiger partial charge in [0, 0.05) is 24.7 Å². The average molecular weight is 532 g/mol. The van der Waals surface area contributed by atoms with Crippen molar-refractivity contribution in [3.05, 3.63) is 35.9 Å². The highest BCUT2D eigenvalue weighted by Gasteiger charge is 2.69. The topological polar surface area (TPSA) is 119 Å². The van der Waals surface area contributed by atoms with Crippen LogP contribution in [0.3, 0.4) is 0 Å². The standard InChI is InChI=1S/C28H37NO9/c1-16-10-11-20-17(2)25(35-26-28(20)19(16)14-15-27(3,36-26)37-38-28)34-22(31)13-12-21(30)29-23(24(32)33-4)18-8-6-5-7-9-18/h5-9,16-17,19-20,23,25-26H,10-15H2,1-4H3,(H,29,30)/t16-,17+,19-,20+,23-,25+,26-,27-,28+/m0/s1. The molecule has 9 atom stereocenters. The SMILES string of the molecule is COC(=O)[C@@H](NC(=O)CCC(=O)O[C@@H]1O[C@H]2O[C@]3(C)CC[C@H]4[C@@H](C)CC[C@H]([C@H]1C)[C@@]24OO3)c1ccccc1. The van der Waals surface area contributed by atoms with Crippen LogP contribution in [0.5, 0.6) is 0 Å². The molecule has 5 aliphatic rings. The molecule has 208 valence electrons. The van der Waals surface area contributed by atoms with Crippen LogP contribution in [0, 0.1) is 23.7 Å². The van der Waals surface area contributed by atoms with E-state index in [1.54, 1.807) is 24.3 Å². The summed E-state index contributed by atoms with van der Waals surface area (Å²) < 4.78 is 23.1. The summed E-state index contributed by atoms with van der Waals surface area (Å²) in [5.41, 5.74) is -0.151. The van der Waals surface area contributed by atoms with E-state index in [0.717, 1.165) is 19.3 Å². The predicted molar refractivity (Wildman–Crippen MR) is 131 cm³/mol. The molecule has 38 heavy (non-hydrogen) atoms. The molecular formula is C28H37NO9. The molecule has 1 aromatic carbocycles. The van der Waals surface area contributed by atoms with Crippen molar-refractivity contribution in [1.29, 1.82) is 0 Å². The first-order valence-electron chi connectivity index (χ1n) is 13.5. The number of benzene rings is 1. The minimum Gasteiger partial charge on any atom is -0.467 e. The molecule has 4 aliphatic heterocycles. The zero-order chi connectivity index (χ0) is 27.1. The highest BCUT2D eigenvalue weighted by atomic mass is 17.3. The molecular weight excluding hydrogens is 494 g/mol. The van der Waals surface area contributed by atoms with Crippen molar-refractivity contribution in [3.63, 3.8) is 0 Å². The number of methoxy groups -OCH3 is 1. The summed E-state index contributed by atoms with van der Waals surface area (Å²) in [5.74, 6) is -2.03. The molecule has 10 heteroatoms. The number of ether oxygens (including phenoxy) is 4. The molecule has 6 rings (SSSR count). The van der Waals surface area contributed by atoms with Gasteiger partial charge in [0.25, 0.3) is 0 Å². The lowest BCUT2D eigenvalue weighted by Crippen LogP contribution is -2.70. The van der Waals surface area contributed by atoms with Gasteiger partial charge >= 0.3 is 11.9 Å². The number of fused-ring (bicyclic) bond motifs is 2. The minimum absolute atomic E-state index is 0.0258. The molecule has 2 bridgehead atoms. The summed E-state index contributed by atoms with van der Waals surface area (Å²) >= 11 is 0. The van der Waals surface area contributed by atoms with Gasteiger partial charge < -0.3 is 24.3 Å². The number of hydrogen-bond acceptors (Lipinski definition) is 9. The second-order valence-corrected chi connectivity index (χ2v) is 11.2. The molecule has 4 heterocycles. The Hall–Kier alpha value is -2.53. The van der Waals surface area contributed by atoms with E-state index in [2.05, 4.69) is 12.2 Å². The Morgan fingerprint density at radius 2 is 1.82 bits per heavy atom. The van der Waals surface area contributed by atoms with E-state index in [1.807, 2.05) is 19.9 Å². The maximum atomic E-state index is 12.8. The number of esters is 2.